The molecule has 0 saturated heterocycles. The van der Waals surface area contributed by atoms with Gasteiger partial charge in [0.25, 0.3) is 0 Å². The van der Waals surface area contributed by atoms with Gasteiger partial charge in [0.1, 0.15) is 11.4 Å². The zero-order valence-electron chi connectivity index (χ0n) is 9.99. The number of nitro groups is 1. The summed E-state index contributed by atoms with van der Waals surface area (Å²) in [7, 11) is 0. The second kappa shape index (κ2) is 4.67. The SMILES string of the molecule is CC(C)(C)OC(=O)c1cc(F)c([N+](=O)[O-])cc1F. The van der Waals surface area contributed by atoms with Crippen LogP contribution in [0, 0.1) is 21.7 Å². The Morgan fingerprint density at radius 3 is 2.28 bits per heavy atom. The molecule has 0 aliphatic rings. The first-order valence-corrected chi connectivity index (χ1v) is 4.98. The van der Waals surface area contributed by atoms with Crippen LogP contribution in [0.4, 0.5) is 14.5 Å². The van der Waals surface area contributed by atoms with E-state index in [4.69, 9.17) is 4.74 Å². The monoisotopic (exact) mass is 259 g/mol. The van der Waals surface area contributed by atoms with E-state index in [2.05, 4.69) is 0 Å². The highest BCUT2D eigenvalue weighted by Gasteiger charge is 2.25. The Morgan fingerprint density at radius 2 is 1.83 bits per heavy atom. The average molecular weight is 259 g/mol. The molecule has 0 heterocycles. The quantitative estimate of drug-likeness (QED) is 0.465. The van der Waals surface area contributed by atoms with Crippen LogP contribution in [0.3, 0.4) is 0 Å². The van der Waals surface area contributed by atoms with Gasteiger partial charge < -0.3 is 4.74 Å². The summed E-state index contributed by atoms with van der Waals surface area (Å²) in [6.07, 6.45) is 0. The number of ether oxygens (including phenoxy) is 1. The molecule has 0 N–H and O–H groups in total. The van der Waals surface area contributed by atoms with Crippen LogP contribution in [0.1, 0.15) is 31.1 Å². The fraction of sp³-hybridized carbons (Fsp3) is 0.364. The lowest BCUT2D eigenvalue weighted by Gasteiger charge is -2.19. The highest BCUT2D eigenvalue weighted by Crippen LogP contribution is 2.23. The molecular weight excluding hydrogens is 248 g/mol. The maximum atomic E-state index is 13.4. The molecule has 0 unspecified atom stereocenters. The van der Waals surface area contributed by atoms with E-state index in [0.29, 0.717) is 12.1 Å². The molecule has 0 aliphatic carbocycles. The maximum Gasteiger partial charge on any atom is 0.341 e. The van der Waals surface area contributed by atoms with Gasteiger partial charge in [-0.05, 0) is 26.8 Å². The van der Waals surface area contributed by atoms with E-state index in [1.54, 1.807) is 20.8 Å². The summed E-state index contributed by atoms with van der Waals surface area (Å²) in [5, 5.41) is 10.4. The first-order valence-electron chi connectivity index (χ1n) is 4.98. The third kappa shape index (κ3) is 3.22. The van der Waals surface area contributed by atoms with E-state index in [0.717, 1.165) is 0 Å². The van der Waals surface area contributed by atoms with Crippen LogP contribution in [0.15, 0.2) is 12.1 Å². The van der Waals surface area contributed by atoms with Crippen molar-refractivity contribution < 1.29 is 23.2 Å². The zero-order valence-corrected chi connectivity index (χ0v) is 9.99. The molecule has 0 atom stereocenters. The fourth-order valence-electron chi connectivity index (χ4n) is 1.17. The summed E-state index contributed by atoms with van der Waals surface area (Å²) in [5.74, 6) is -3.56. The Morgan fingerprint density at radius 1 is 1.28 bits per heavy atom. The second-order valence-corrected chi connectivity index (χ2v) is 4.54. The maximum absolute atomic E-state index is 13.4. The first-order chi connectivity index (χ1) is 8.11. The van der Waals surface area contributed by atoms with Gasteiger partial charge in [0.2, 0.25) is 5.82 Å². The third-order valence-corrected chi connectivity index (χ3v) is 1.85. The van der Waals surface area contributed by atoms with Gasteiger partial charge in [-0.2, -0.15) is 4.39 Å². The molecule has 0 aromatic heterocycles. The van der Waals surface area contributed by atoms with Crippen molar-refractivity contribution in [3.8, 4) is 0 Å². The highest BCUT2D eigenvalue weighted by atomic mass is 19.1. The van der Waals surface area contributed by atoms with E-state index < -0.39 is 39.4 Å². The van der Waals surface area contributed by atoms with Gasteiger partial charge in [0.15, 0.2) is 0 Å². The van der Waals surface area contributed by atoms with E-state index in [1.165, 1.54) is 0 Å². The molecule has 1 aromatic carbocycles. The highest BCUT2D eigenvalue weighted by molar-refractivity contribution is 5.90. The molecule has 0 bridgehead atoms. The number of rotatable bonds is 2. The van der Waals surface area contributed by atoms with Crippen LogP contribution in [0.25, 0.3) is 0 Å². The predicted molar refractivity (Wildman–Crippen MR) is 58.2 cm³/mol. The number of carbonyl (C=O) groups is 1. The standard InChI is InChI=1S/C11H11F2NO4/c1-11(2,3)18-10(15)6-4-8(13)9(14(16)17)5-7(6)12/h4-5H,1-3H3. The molecule has 5 nitrogen and oxygen atoms in total. The van der Waals surface area contributed by atoms with Gasteiger partial charge in [-0.25, -0.2) is 9.18 Å². The van der Waals surface area contributed by atoms with Crippen molar-refractivity contribution in [3.63, 3.8) is 0 Å². The van der Waals surface area contributed by atoms with E-state index in [1.807, 2.05) is 0 Å². The van der Waals surface area contributed by atoms with Crippen LogP contribution in [-0.2, 0) is 4.74 Å². The summed E-state index contributed by atoms with van der Waals surface area (Å²) in [4.78, 5) is 20.8. The van der Waals surface area contributed by atoms with E-state index >= 15 is 0 Å². The number of esters is 1. The predicted octanol–water partition coefficient (Wildman–Crippen LogP) is 2.83. The molecule has 1 aromatic rings. The minimum absolute atomic E-state index is 0.356. The molecule has 0 amide bonds. The van der Waals surface area contributed by atoms with Gasteiger partial charge >= 0.3 is 11.7 Å². The van der Waals surface area contributed by atoms with Gasteiger partial charge in [0.05, 0.1) is 16.6 Å². The first kappa shape index (κ1) is 14.0. The van der Waals surface area contributed by atoms with Crippen LogP contribution in [-0.4, -0.2) is 16.5 Å². The number of hydrogen-bond acceptors (Lipinski definition) is 4. The van der Waals surface area contributed by atoms with Crippen LogP contribution >= 0.6 is 0 Å². The molecule has 1 rings (SSSR count). The number of halogens is 2. The second-order valence-electron chi connectivity index (χ2n) is 4.54. The van der Waals surface area contributed by atoms with E-state index in [-0.39, 0.29) is 0 Å². The Bertz CT molecular complexity index is 509. The summed E-state index contributed by atoms with van der Waals surface area (Å²) in [6, 6.07) is 0.816. The topological polar surface area (TPSA) is 69.4 Å². The minimum atomic E-state index is -1.29. The third-order valence-electron chi connectivity index (χ3n) is 1.85. The molecule has 18 heavy (non-hydrogen) atoms. The normalized spacial score (nSPS) is 11.2. The number of benzene rings is 1. The molecule has 0 fully saturated rings. The van der Waals surface area contributed by atoms with Crippen molar-refractivity contribution in [3.05, 3.63) is 39.4 Å². The zero-order chi connectivity index (χ0) is 14.1. The van der Waals surface area contributed by atoms with Crippen molar-refractivity contribution in [2.75, 3.05) is 0 Å². The Labute approximate surface area is 102 Å². The van der Waals surface area contributed by atoms with Crippen molar-refractivity contribution in [1.29, 1.82) is 0 Å². The van der Waals surface area contributed by atoms with Crippen molar-refractivity contribution in [2.24, 2.45) is 0 Å². The van der Waals surface area contributed by atoms with Crippen LogP contribution in [0.5, 0.6) is 0 Å². The summed E-state index contributed by atoms with van der Waals surface area (Å²) in [5.41, 5.74) is -2.57. The summed E-state index contributed by atoms with van der Waals surface area (Å²) < 4.78 is 31.5. The van der Waals surface area contributed by atoms with Crippen molar-refractivity contribution >= 4 is 11.7 Å². The summed E-state index contributed by atoms with van der Waals surface area (Å²) >= 11 is 0. The fourth-order valence-corrected chi connectivity index (χ4v) is 1.17. The molecule has 0 aliphatic heterocycles. The molecule has 0 saturated carbocycles. The summed E-state index contributed by atoms with van der Waals surface area (Å²) in [6.45, 7) is 4.68. The smallest absolute Gasteiger partial charge is 0.341 e. The number of carbonyl (C=O) groups excluding carboxylic acids is 1. The molecule has 0 spiro atoms. The lowest BCUT2D eigenvalue weighted by atomic mass is 10.1. The number of nitro benzene ring substituents is 1. The van der Waals surface area contributed by atoms with Gasteiger partial charge in [-0.15, -0.1) is 0 Å². The molecule has 7 heteroatoms. The van der Waals surface area contributed by atoms with Crippen molar-refractivity contribution in [2.45, 2.75) is 26.4 Å². The number of hydrogen-bond donors (Lipinski definition) is 0. The lowest BCUT2D eigenvalue weighted by molar-refractivity contribution is -0.387. The Kier molecular flexibility index (Phi) is 3.64. The Balaban J connectivity index is 3.16. The molecule has 0 radical (unpaired) electrons. The average Bonchev–Trinajstić information content (AvgIpc) is 2.17. The largest absolute Gasteiger partial charge is 0.456 e. The number of nitrogens with zero attached hydrogens (tertiary/aromatic N) is 1. The molecular formula is C11H11F2NO4. The van der Waals surface area contributed by atoms with E-state index in [9.17, 15) is 23.7 Å². The van der Waals surface area contributed by atoms with Crippen molar-refractivity contribution in [1.82, 2.24) is 0 Å². The van der Waals surface area contributed by atoms with Gasteiger partial charge in [-0.1, -0.05) is 0 Å². The van der Waals surface area contributed by atoms with Gasteiger partial charge in [0, 0.05) is 0 Å². The molecule has 98 valence electrons. The van der Waals surface area contributed by atoms with Gasteiger partial charge in [-0.3, -0.25) is 10.1 Å². The minimum Gasteiger partial charge on any atom is -0.456 e. The van der Waals surface area contributed by atoms with Crippen LogP contribution in [0.2, 0.25) is 0 Å². The van der Waals surface area contributed by atoms with Crippen LogP contribution < -0.4 is 0 Å². The Hall–Kier alpha value is -2.05. The lowest BCUT2D eigenvalue weighted by Crippen LogP contribution is -2.24.